The number of nitrogens with one attached hydrogen (secondary N) is 1. The Morgan fingerprint density at radius 2 is 1.56 bits per heavy atom. The quantitative estimate of drug-likeness (QED) is 0.611. The number of imide groups is 1. The number of nitro benzene ring substituents is 1. The van der Waals surface area contributed by atoms with Gasteiger partial charge in [0.2, 0.25) is 0 Å². The van der Waals surface area contributed by atoms with Crippen molar-refractivity contribution in [1.29, 1.82) is 0 Å². The Kier molecular flexibility index (Phi) is 6.77. The molecule has 0 aliphatic heterocycles. The smallest absolute Gasteiger partial charge is 0.420 e. The second-order valence-corrected chi connectivity index (χ2v) is 7.90. The predicted octanol–water partition coefficient (Wildman–Crippen LogP) is 4.31. The van der Waals surface area contributed by atoms with E-state index in [1.807, 2.05) is 0 Å². The van der Waals surface area contributed by atoms with Crippen LogP contribution in [0.15, 0.2) is 18.2 Å². The van der Waals surface area contributed by atoms with E-state index in [2.05, 4.69) is 5.32 Å². The zero-order chi connectivity index (χ0) is 21.0. The summed E-state index contributed by atoms with van der Waals surface area (Å²) in [6.45, 7) is 9.78. The molecule has 0 fully saturated rings. The van der Waals surface area contributed by atoms with Crippen molar-refractivity contribution in [2.75, 3.05) is 12.4 Å². The van der Waals surface area contributed by atoms with E-state index in [1.54, 1.807) is 48.6 Å². The van der Waals surface area contributed by atoms with E-state index in [4.69, 9.17) is 9.47 Å². The van der Waals surface area contributed by atoms with Crippen LogP contribution in [0.5, 0.6) is 0 Å². The van der Waals surface area contributed by atoms with Crippen molar-refractivity contribution in [3.8, 4) is 0 Å². The van der Waals surface area contributed by atoms with Gasteiger partial charge in [-0.05, 0) is 47.6 Å². The van der Waals surface area contributed by atoms with E-state index < -0.39 is 28.3 Å². The lowest BCUT2D eigenvalue weighted by Crippen LogP contribution is -2.43. The Bertz CT molecular complexity index is 691. The van der Waals surface area contributed by atoms with E-state index in [9.17, 15) is 19.7 Å². The van der Waals surface area contributed by atoms with Crippen molar-refractivity contribution in [3.05, 3.63) is 33.9 Å². The molecule has 0 aliphatic carbocycles. The van der Waals surface area contributed by atoms with Gasteiger partial charge in [0.1, 0.15) is 11.2 Å². The van der Waals surface area contributed by atoms with Gasteiger partial charge in [0.15, 0.2) is 0 Å². The highest BCUT2D eigenvalue weighted by Crippen LogP contribution is 2.25. The molecule has 0 aromatic heterocycles. The molecule has 0 heterocycles. The molecule has 9 heteroatoms. The van der Waals surface area contributed by atoms with Crippen LogP contribution in [0.1, 0.15) is 47.1 Å². The number of ether oxygens (including phenoxy) is 2. The van der Waals surface area contributed by atoms with Gasteiger partial charge in [0.05, 0.1) is 11.5 Å². The molecule has 0 unspecified atom stereocenters. The minimum atomic E-state index is -0.898. The summed E-state index contributed by atoms with van der Waals surface area (Å²) < 4.78 is 10.6. The number of nitro groups is 1. The summed E-state index contributed by atoms with van der Waals surface area (Å²) in [6.07, 6.45) is -1.80. The summed E-state index contributed by atoms with van der Waals surface area (Å²) in [5, 5.41) is 14.0. The first kappa shape index (κ1) is 22.2. The van der Waals surface area contributed by atoms with Crippen molar-refractivity contribution in [2.45, 2.75) is 59.3 Å². The maximum absolute atomic E-state index is 12.6. The molecule has 0 atom stereocenters. The number of carbonyl (C=O) groups is 2. The van der Waals surface area contributed by atoms with Crippen molar-refractivity contribution < 1.29 is 24.0 Å². The highest BCUT2D eigenvalue weighted by Gasteiger charge is 2.32. The van der Waals surface area contributed by atoms with Crippen molar-refractivity contribution >= 4 is 23.6 Å². The monoisotopic (exact) mass is 381 g/mol. The number of non-ortho nitro benzene ring substituents is 1. The summed E-state index contributed by atoms with van der Waals surface area (Å²) in [5.41, 5.74) is -0.893. The third-order valence-electron chi connectivity index (χ3n) is 3.13. The minimum absolute atomic E-state index is 0.155. The number of amides is 2. The molecule has 2 amide bonds. The summed E-state index contributed by atoms with van der Waals surface area (Å²) in [7, 11) is 1.63. The molecule has 27 heavy (non-hydrogen) atoms. The Hall–Kier alpha value is -2.84. The molecule has 0 aliphatic rings. The van der Waals surface area contributed by atoms with Crippen LogP contribution >= 0.6 is 0 Å². The second-order valence-electron chi connectivity index (χ2n) is 7.90. The first-order chi connectivity index (χ1) is 12.2. The Balaban J connectivity index is 3.27. The molecular weight excluding hydrogens is 354 g/mol. The molecule has 0 bridgehead atoms. The summed E-state index contributed by atoms with van der Waals surface area (Å²) in [5.74, 6) is 0. The van der Waals surface area contributed by atoms with Gasteiger partial charge in [-0.2, -0.15) is 0 Å². The molecule has 0 radical (unpaired) electrons. The average molecular weight is 381 g/mol. The summed E-state index contributed by atoms with van der Waals surface area (Å²) in [6, 6.07) is 4.14. The molecule has 1 N–H and O–H groups in total. The zero-order valence-electron chi connectivity index (χ0n) is 16.8. The lowest BCUT2D eigenvalue weighted by atomic mass is 10.1. The third kappa shape index (κ3) is 7.12. The van der Waals surface area contributed by atoms with Crippen LogP contribution in [-0.2, 0) is 16.0 Å². The average Bonchev–Trinajstić information content (AvgIpc) is 2.48. The number of rotatable bonds is 4. The van der Waals surface area contributed by atoms with Crippen LogP contribution in [-0.4, -0.2) is 40.3 Å². The SMILES string of the molecule is CNc1ccc([N+](=O)[O-])cc1CN(C(=O)OC(C)(C)C)C(=O)OC(C)(C)C. The van der Waals surface area contributed by atoms with Crippen LogP contribution in [0, 0.1) is 10.1 Å². The van der Waals surface area contributed by atoms with E-state index in [0.717, 1.165) is 4.90 Å². The molecule has 0 spiro atoms. The lowest BCUT2D eigenvalue weighted by molar-refractivity contribution is -0.384. The van der Waals surface area contributed by atoms with Gasteiger partial charge in [0.25, 0.3) is 5.69 Å². The second kappa shape index (κ2) is 8.24. The predicted molar refractivity (Wildman–Crippen MR) is 101 cm³/mol. The molecule has 1 rings (SSSR count). The fourth-order valence-corrected chi connectivity index (χ4v) is 2.08. The van der Waals surface area contributed by atoms with Crippen molar-refractivity contribution in [3.63, 3.8) is 0 Å². The summed E-state index contributed by atoms with van der Waals surface area (Å²) in [4.78, 5) is 36.4. The van der Waals surface area contributed by atoms with Gasteiger partial charge >= 0.3 is 12.2 Å². The van der Waals surface area contributed by atoms with Crippen LogP contribution in [0.4, 0.5) is 21.0 Å². The van der Waals surface area contributed by atoms with E-state index in [0.29, 0.717) is 11.3 Å². The Morgan fingerprint density at radius 3 is 1.93 bits per heavy atom. The van der Waals surface area contributed by atoms with Crippen LogP contribution in [0.2, 0.25) is 0 Å². The van der Waals surface area contributed by atoms with Crippen molar-refractivity contribution in [2.24, 2.45) is 0 Å². The van der Waals surface area contributed by atoms with Gasteiger partial charge in [-0.25, -0.2) is 14.5 Å². The summed E-state index contributed by atoms with van der Waals surface area (Å²) >= 11 is 0. The van der Waals surface area contributed by atoms with Gasteiger partial charge in [0, 0.05) is 30.4 Å². The van der Waals surface area contributed by atoms with Crippen LogP contribution < -0.4 is 5.32 Å². The van der Waals surface area contributed by atoms with Gasteiger partial charge < -0.3 is 14.8 Å². The number of carbonyl (C=O) groups excluding carboxylic acids is 2. The molecular formula is C18H27N3O6. The molecule has 150 valence electrons. The molecule has 1 aromatic carbocycles. The van der Waals surface area contributed by atoms with Crippen LogP contribution in [0.3, 0.4) is 0 Å². The Labute approximate surface area is 158 Å². The van der Waals surface area contributed by atoms with Gasteiger partial charge in [-0.15, -0.1) is 0 Å². The minimum Gasteiger partial charge on any atom is -0.443 e. The maximum atomic E-state index is 12.6. The van der Waals surface area contributed by atoms with E-state index in [-0.39, 0.29) is 12.2 Å². The number of hydrogen-bond donors (Lipinski definition) is 1. The third-order valence-corrected chi connectivity index (χ3v) is 3.13. The van der Waals surface area contributed by atoms with Crippen molar-refractivity contribution in [1.82, 2.24) is 4.90 Å². The van der Waals surface area contributed by atoms with E-state index >= 15 is 0 Å². The number of hydrogen-bond acceptors (Lipinski definition) is 7. The molecule has 0 saturated carbocycles. The Morgan fingerprint density at radius 1 is 1.07 bits per heavy atom. The fourth-order valence-electron chi connectivity index (χ4n) is 2.08. The maximum Gasteiger partial charge on any atom is 0.420 e. The first-order valence-corrected chi connectivity index (χ1v) is 8.42. The molecule has 9 nitrogen and oxygen atoms in total. The lowest BCUT2D eigenvalue weighted by Gasteiger charge is -2.29. The topological polar surface area (TPSA) is 111 Å². The van der Waals surface area contributed by atoms with E-state index in [1.165, 1.54) is 18.2 Å². The highest BCUT2D eigenvalue weighted by atomic mass is 16.6. The number of nitrogens with zero attached hydrogens (tertiary/aromatic N) is 2. The first-order valence-electron chi connectivity index (χ1n) is 8.42. The standard InChI is InChI=1S/C18H27N3O6/c1-17(2,3)26-15(22)20(16(23)27-18(4,5)6)11-12-10-13(21(24)25)8-9-14(12)19-7/h8-10,19H,11H2,1-7H3. The number of anilines is 1. The largest absolute Gasteiger partial charge is 0.443 e. The fraction of sp³-hybridized carbons (Fsp3) is 0.556. The normalized spacial score (nSPS) is 11.5. The number of benzene rings is 1. The van der Waals surface area contributed by atoms with Gasteiger partial charge in [-0.1, -0.05) is 0 Å². The van der Waals surface area contributed by atoms with Gasteiger partial charge in [-0.3, -0.25) is 10.1 Å². The zero-order valence-corrected chi connectivity index (χ0v) is 16.8. The molecule has 1 aromatic rings. The van der Waals surface area contributed by atoms with Crippen LogP contribution in [0.25, 0.3) is 0 Å². The molecule has 0 saturated heterocycles. The highest BCUT2D eigenvalue weighted by molar-refractivity contribution is 5.88.